The number of para-hydroxylation sites is 2. The monoisotopic (exact) mass is 579 g/mol. The SMILES string of the molecule is Cc1cccc(Cl)c1NC(=O)C(c1ccccc1O)N(C(=O)C(Cc1ccccc1)NC(=O)OC(C)(C)C)C(C)C. The van der Waals surface area contributed by atoms with Gasteiger partial charge in [0.2, 0.25) is 5.91 Å². The molecule has 0 radical (unpaired) electrons. The second-order valence-electron chi connectivity index (χ2n) is 11.1. The lowest BCUT2D eigenvalue weighted by Crippen LogP contribution is -2.55. The highest BCUT2D eigenvalue weighted by molar-refractivity contribution is 6.34. The number of halogens is 1. The Kier molecular flexibility index (Phi) is 10.4. The van der Waals surface area contributed by atoms with Gasteiger partial charge in [-0.1, -0.05) is 72.3 Å². The number of aromatic hydroxyl groups is 1. The molecule has 0 saturated carbocycles. The topological polar surface area (TPSA) is 108 Å². The van der Waals surface area contributed by atoms with E-state index >= 15 is 0 Å². The van der Waals surface area contributed by atoms with Crippen molar-refractivity contribution in [3.8, 4) is 5.75 Å². The van der Waals surface area contributed by atoms with Gasteiger partial charge in [0, 0.05) is 18.0 Å². The van der Waals surface area contributed by atoms with Crippen LogP contribution in [0.25, 0.3) is 0 Å². The van der Waals surface area contributed by atoms with Crippen molar-refractivity contribution in [3.05, 3.63) is 94.5 Å². The first-order chi connectivity index (χ1) is 19.3. The van der Waals surface area contributed by atoms with Crippen molar-refractivity contribution in [3.63, 3.8) is 0 Å². The molecule has 0 aromatic heterocycles. The Bertz CT molecular complexity index is 1350. The molecule has 3 amide bonds. The summed E-state index contributed by atoms with van der Waals surface area (Å²) in [5, 5.41) is 16.8. The molecule has 0 saturated heterocycles. The normalized spacial score (nSPS) is 12.8. The van der Waals surface area contributed by atoms with Gasteiger partial charge >= 0.3 is 6.09 Å². The highest BCUT2D eigenvalue weighted by Gasteiger charge is 2.39. The van der Waals surface area contributed by atoms with Gasteiger partial charge in [0.05, 0.1) is 10.7 Å². The van der Waals surface area contributed by atoms with Crippen LogP contribution in [-0.4, -0.2) is 45.6 Å². The zero-order valence-electron chi connectivity index (χ0n) is 24.3. The van der Waals surface area contributed by atoms with E-state index in [0.29, 0.717) is 10.7 Å². The lowest BCUT2D eigenvalue weighted by Gasteiger charge is -2.37. The van der Waals surface area contributed by atoms with E-state index in [1.807, 2.05) is 43.3 Å². The minimum absolute atomic E-state index is 0.151. The number of anilines is 1. The maximum atomic E-state index is 14.4. The largest absolute Gasteiger partial charge is 0.508 e. The molecule has 2 atom stereocenters. The summed E-state index contributed by atoms with van der Waals surface area (Å²) in [6.45, 7) is 10.5. The summed E-state index contributed by atoms with van der Waals surface area (Å²) >= 11 is 6.40. The molecule has 0 fully saturated rings. The summed E-state index contributed by atoms with van der Waals surface area (Å²) in [6.07, 6.45) is -0.605. The number of rotatable bonds is 9. The fourth-order valence-electron chi connectivity index (χ4n) is 4.48. The van der Waals surface area contributed by atoms with Gasteiger partial charge in [-0.2, -0.15) is 0 Å². The van der Waals surface area contributed by atoms with Gasteiger partial charge in [-0.3, -0.25) is 9.59 Å². The van der Waals surface area contributed by atoms with Crippen molar-refractivity contribution >= 4 is 35.2 Å². The summed E-state index contributed by atoms with van der Waals surface area (Å²) in [6, 6.07) is 18.0. The molecule has 9 heteroatoms. The average molecular weight is 580 g/mol. The first-order valence-electron chi connectivity index (χ1n) is 13.5. The van der Waals surface area contributed by atoms with E-state index in [-0.39, 0.29) is 17.7 Å². The van der Waals surface area contributed by atoms with E-state index in [1.165, 1.54) is 11.0 Å². The number of phenols is 1. The summed E-state index contributed by atoms with van der Waals surface area (Å²) in [7, 11) is 0. The zero-order valence-corrected chi connectivity index (χ0v) is 25.0. The number of nitrogens with zero attached hydrogens (tertiary/aromatic N) is 1. The van der Waals surface area contributed by atoms with Crippen LogP contribution in [-0.2, 0) is 20.7 Å². The van der Waals surface area contributed by atoms with Crippen LogP contribution in [0.5, 0.6) is 5.75 Å². The smallest absolute Gasteiger partial charge is 0.408 e. The maximum Gasteiger partial charge on any atom is 0.408 e. The average Bonchev–Trinajstić information content (AvgIpc) is 2.88. The second-order valence-corrected chi connectivity index (χ2v) is 11.5. The van der Waals surface area contributed by atoms with Crippen molar-refractivity contribution in [1.82, 2.24) is 10.2 Å². The Morgan fingerprint density at radius 3 is 2.17 bits per heavy atom. The van der Waals surface area contributed by atoms with Gasteiger partial charge in [-0.05, 0) is 64.8 Å². The van der Waals surface area contributed by atoms with Gasteiger partial charge in [-0.15, -0.1) is 0 Å². The molecule has 0 bridgehead atoms. The Labute approximate surface area is 246 Å². The van der Waals surface area contributed by atoms with E-state index in [2.05, 4.69) is 10.6 Å². The Morgan fingerprint density at radius 2 is 1.59 bits per heavy atom. The van der Waals surface area contributed by atoms with Crippen LogP contribution in [0.2, 0.25) is 5.02 Å². The fraction of sp³-hybridized carbons (Fsp3) is 0.344. The van der Waals surface area contributed by atoms with E-state index in [0.717, 1.165) is 11.1 Å². The Morgan fingerprint density at radius 1 is 0.951 bits per heavy atom. The standard InChI is InChI=1S/C32H38ClN3O5/c1-20(2)36(30(39)25(19-22-14-8-7-9-15-22)34-31(40)41-32(4,5)6)28(23-16-10-11-18-26(23)37)29(38)35-27-21(3)13-12-17-24(27)33/h7-18,20,25,28,37H,19H2,1-6H3,(H,34,40)(H,35,38). The number of hydrogen-bond acceptors (Lipinski definition) is 5. The second kappa shape index (κ2) is 13.5. The predicted molar refractivity (Wildman–Crippen MR) is 161 cm³/mol. The van der Waals surface area contributed by atoms with Crippen LogP contribution in [0.3, 0.4) is 0 Å². The number of benzene rings is 3. The van der Waals surface area contributed by atoms with Crippen LogP contribution < -0.4 is 10.6 Å². The van der Waals surface area contributed by atoms with E-state index in [1.54, 1.807) is 65.0 Å². The number of carbonyl (C=O) groups excluding carboxylic acids is 3. The molecular formula is C32H38ClN3O5. The molecule has 8 nitrogen and oxygen atoms in total. The summed E-state index contributed by atoms with van der Waals surface area (Å²) in [4.78, 5) is 42.6. The van der Waals surface area contributed by atoms with Gasteiger partial charge < -0.3 is 25.4 Å². The molecular weight excluding hydrogens is 542 g/mol. The first kappa shape index (κ1) is 31.5. The third kappa shape index (κ3) is 8.47. The van der Waals surface area contributed by atoms with Gasteiger partial charge in [0.25, 0.3) is 5.91 Å². The number of phenolic OH excluding ortho intramolecular Hbond substituents is 1. The molecule has 3 aromatic rings. The zero-order chi connectivity index (χ0) is 30.3. The van der Waals surface area contributed by atoms with Crippen LogP contribution in [0, 0.1) is 6.92 Å². The summed E-state index contributed by atoms with van der Waals surface area (Å²) < 4.78 is 5.46. The summed E-state index contributed by atoms with van der Waals surface area (Å²) in [5.41, 5.74) is 1.39. The first-order valence-corrected chi connectivity index (χ1v) is 13.9. The highest BCUT2D eigenvalue weighted by Crippen LogP contribution is 2.34. The van der Waals surface area contributed by atoms with Crippen molar-refractivity contribution in [2.45, 2.75) is 71.7 Å². The Balaban J connectivity index is 2.09. The van der Waals surface area contributed by atoms with Crippen LogP contribution in [0.4, 0.5) is 10.5 Å². The Hall–Kier alpha value is -4.04. The minimum Gasteiger partial charge on any atom is -0.508 e. The molecule has 0 aliphatic rings. The number of alkyl carbamates (subject to hydrolysis) is 1. The predicted octanol–water partition coefficient (Wildman–Crippen LogP) is 6.41. The van der Waals surface area contributed by atoms with Crippen molar-refractivity contribution in [2.75, 3.05) is 5.32 Å². The third-order valence-corrected chi connectivity index (χ3v) is 6.63. The van der Waals surface area contributed by atoms with Crippen molar-refractivity contribution in [2.24, 2.45) is 0 Å². The number of hydrogen-bond donors (Lipinski definition) is 3. The number of amides is 3. The molecule has 218 valence electrons. The van der Waals surface area contributed by atoms with E-state index < -0.39 is 41.6 Å². The molecule has 3 N–H and O–H groups in total. The number of aryl methyl sites for hydroxylation is 1. The molecule has 0 heterocycles. The van der Waals surface area contributed by atoms with E-state index in [4.69, 9.17) is 16.3 Å². The number of carbonyl (C=O) groups is 3. The van der Waals surface area contributed by atoms with Crippen molar-refractivity contribution < 1.29 is 24.2 Å². The van der Waals surface area contributed by atoms with Crippen LogP contribution >= 0.6 is 11.6 Å². The third-order valence-electron chi connectivity index (χ3n) is 6.31. The van der Waals surface area contributed by atoms with Crippen LogP contribution in [0.15, 0.2) is 72.8 Å². The molecule has 0 aliphatic carbocycles. The fourth-order valence-corrected chi connectivity index (χ4v) is 4.75. The molecule has 2 unspecified atom stereocenters. The molecule has 0 spiro atoms. The molecule has 3 rings (SSSR count). The van der Waals surface area contributed by atoms with Crippen molar-refractivity contribution in [1.29, 1.82) is 0 Å². The van der Waals surface area contributed by atoms with Gasteiger partial charge in [0.15, 0.2) is 0 Å². The number of nitrogens with one attached hydrogen (secondary N) is 2. The molecule has 3 aromatic carbocycles. The lowest BCUT2D eigenvalue weighted by molar-refractivity contribution is -0.143. The molecule has 0 aliphatic heterocycles. The van der Waals surface area contributed by atoms with E-state index in [9.17, 15) is 19.5 Å². The lowest BCUT2D eigenvalue weighted by atomic mass is 9.98. The number of ether oxygens (including phenoxy) is 1. The quantitative estimate of drug-likeness (QED) is 0.272. The maximum absolute atomic E-state index is 14.4. The highest BCUT2D eigenvalue weighted by atomic mass is 35.5. The minimum atomic E-state index is -1.25. The van der Waals surface area contributed by atoms with Crippen LogP contribution in [0.1, 0.15) is 57.4 Å². The summed E-state index contributed by atoms with van der Waals surface area (Å²) in [5.74, 6) is -1.24. The molecule has 41 heavy (non-hydrogen) atoms. The van der Waals surface area contributed by atoms with Gasteiger partial charge in [-0.25, -0.2) is 4.79 Å². The van der Waals surface area contributed by atoms with Gasteiger partial charge in [0.1, 0.15) is 23.4 Å².